The number of nitrogens with zero attached hydrogens (tertiary/aromatic N) is 1. The maximum atomic E-state index is 13.5. The number of ketones is 2. The molecule has 0 fully saturated rings. The van der Waals surface area contributed by atoms with Crippen LogP contribution < -0.4 is 4.74 Å². The molecule has 3 aromatic carbocycles. The van der Waals surface area contributed by atoms with E-state index in [1.54, 1.807) is 23.1 Å². The minimum Gasteiger partial charge on any atom is -0.489 e. The number of hydrogen-bond donors (Lipinski definition) is 1. The molecule has 39 heavy (non-hydrogen) atoms. The van der Waals surface area contributed by atoms with E-state index in [1.165, 1.54) is 0 Å². The Kier molecular flexibility index (Phi) is 6.73. The number of carboxylic acid groups (broad SMARTS) is 1. The molecule has 1 aliphatic heterocycles. The summed E-state index contributed by atoms with van der Waals surface area (Å²) in [6.45, 7) is 0.0263. The van der Waals surface area contributed by atoms with Gasteiger partial charge in [-0.05, 0) is 60.2 Å². The third-order valence-electron chi connectivity index (χ3n) is 7.93. The summed E-state index contributed by atoms with van der Waals surface area (Å²) in [5, 5.41) is 12.4. The van der Waals surface area contributed by atoms with Gasteiger partial charge < -0.3 is 14.7 Å². The number of hydrogen-bond acceptors (Lipinski definition) is 5. The number of halogens is 1. The van der Waals surface area contributed by atoms with Crippen LogP contribution in [-0.2, 0) is 21.0 Å². The van der Waals surface area contributed by atoms with Gasteiger partial charge in [0.05, 0.1) is 0 Å². The van der Waals surface area contributed by atoms with E-state index in [0.29, 0.717) is 84.0 Å². The van der Waals surface area contributed by atoms with E-state index in [2.05, 4.69) is 18.2 Å². The summed E-state index contributed by atoms with van der Waals surface area (Å²) in [4.78, 5) is 40.6. The smallest absolute Gasteiger partial charge is 0.323 e. The highest BCUT2D eigenvalue weighted by Gasteiger charge is 2.44. The van der Waals surface area contributed by atoms with Gasteiger partial charge in [0, 0.05) is 51.9 Å². The summed E-state index contributed by atoms with van der Waals surface area (Å²) < 4.78 is 6.43. The highest BCUT2D eigenvalue weighted by molar-refractivity contribution is 6.30. The minimum atomic E-state index is -0.995. The molecule has 6 rings (SSSR count). The number of benzene rings is 3. The molecule has 0 atom stereocenters. The summed E-state index contributed by atoms with van der Waals surface area (Å²) in [5.74, 6) is -1.19. The second kappa shape index (κ2) is 10.3. The standard InChI is InChI=1S/C32H28ClNO5/c33-21-14-15-28(39-18-20-8-3-7-19-6-1-2-9-22(19)20)23(16-21)30-31-24(10-4-12-26(31)35)34(17-29(37)38)25-11-5-13-27(36)32(25)30/h1-3,6-9,14-16,30H,4-5,10-13,17-18H2,(H,37,38). The van der Waals surface area contributed by atoms with Crippen molar-refractivity contribution < 1.29 is 24.2 Å². The summed E-state index contributed by atoms with van der Waals surface area (Å²) in [5.41, 5.74) is 4.14. The van der Waals surface area contributed by atoms with Crippen molar-refractivity contribution in [3.8, 4) is 5.75 Å². The Morgan fingerprint density at radius 1 is 0.897 bits per heavy atom. The molecule has 1 heterocycles. The molecular weight excluding hydrogens is 514 g/mol. The molecule has 3 aromatic rings. The van der Waals surface area contributed by atoms with Crippen LogP contribution in [0.5, 0.6) is 5.75 Å². The lowest BCUT2D eigenvalue weighted by Gasteiger charge is -2.43. The van der Waals surface area contributed by atoms with Gasteiger partial charge in [-0.15, -0.1) is 0 Å². The normalized spacial score (nSPS) is 17.9. The highest BCUT2D eigenvalue weighted by Crippen LogP contribution is 2.51. The topological polar surface area (TPSA) is 83.9 Å². The van der Waals surface area contributed by atoms with E-state index in [0.717, 1.165) is 16.3 Å². The van der Waals surface area contributed by atoms with Crippen molar-refractivity contribution in [2.24, 2.45) is 0 Å². The van der Waals surface area contributed by atoms with Crippen LogP contribution in [0, 0.1) is 0 Å². The molecule has 0 saturated carbocycles. The molecule has 0 spiro atoms. The number of rotatable bonds is 6. The second-order valence-corrected chi connectivity index (χ2v) is 10.7. The predicted molar refractivity (Wildman–Crippen MR) is 149 cm³/mol. The molecule has 0 saturated heterocycles. The molecule has 7 heteroatoms. The lowest BCUT2D eigenvalue weighted by molar-refractivity contribution is -0.138. The van der Waals surface area contributed by atoms with Gasteiger partial charge in [0.25, 0.3) is 0 Å². The Labute approximate surface area is 231 Å². The maximum Gasteiger partial charge on any atom is 0.323 e. The molecule has 0 aromatic heterocycles. The van der Waals surface area contributed by atoms with Gasteiger partial charge in [-0.2, -0.15) is 0 Å². The van der Waals surface area contributed by atoms with Gasteiger partial charge >= 0.3 is 5.97 Å². The van der Waals surface area contributed by atoms with Crippen LogP contribution in [0.15, 0.2) is 83.2 Å². The van der Waals surface area contributed by atoms with E-state index >= 15 is 0 Å². The van der Waals surface area contributed by atoms with Crippen molar-refractivity contribution in [1.29, 1.82) is 0 Å². The third kappa shape index (κ3) is 4.63. The molecular formula is C32H28ClNO5. The van der Waals surface area contributed by atoms with Crippen molar-refractivity contribution in [1.82, 2.24) is 4.90 Å². The van der Waals surface area contributed by atoms with E-state index in [9.17, 15) is 19.5 Å². The van der Waals surface area contributed by atoms with Gasteiger partial charge in [0.2, 0.25) is 0 Å². The number of carbonyl (C=O) groups is 3. The number of carboxylic acids is 1. The highest BCUT2D eigenvalue weighted by atomic mass is 35.5. The van der Waals surface area contributed by atoms with Crippen LogP contribution in [0.2, 0.25) is 5.02 Å². The van der Waals surface area contributed by atoms with Crippen molar-refractivity contribution in [3.05, 3.63) is 99.4 Å². The quantitative estimate of drug-likeness (QED) is 0.380. The molecule has 0 unspecified atom stereocenters. The van der Waals surface area contributed by atoms with Crippen LogP contribution in [-0.4, -0.2) is 34.1 Å². The molecule has 2 aliphatic carbocycles. The number of carbonyl (C=O) groups excluding carboxylic acids is 2. The zero-order chi connectivity index (χ0) is 27.1. The first kappa shape index (κ1) is 25.4. The fourth-order valence-corrected chi connectivity index (χ4v) is 6.48. The van der Waals surface area contributed by atoms with Crippen LogP contribution in [0.4, 0.5) is 0 Å². The summed E-state index contributed by atoms with van der Waals surface area (Å²) in [7, 11) is 0. The van der Waals surface area contributed by atoms with Crippen LogP contribution in [0.1, 0.15) is 55.6 Å². The van der Waals surface area contributed by atoms with E-state index in [1.807, 2.05) is 24.3 Å². The average Bonchev–Trinajstić information content (AvgIpc) is 2.93. The first-order valence-electron chi connectivity index (χ1n) is 13.3. The maximum absolute atomic E-state index is 13.5. The lowest BCUT2D eigenvalue weighted by Crippen LogP contribution is -2.41. The molecule has 198 valence electrons. The lowest BCUT2D eigenvalue weighted by atomic mass is 9.70. The van der Waals surface area contributed by atoms with Crippen molar-refractivity contribution in [2.45, 2.75) is 51.0 Å². The van der Waals surface area contributed by atoms with Crippen LogP contribution >= 0.6 is 11.6 Å². The number of aliphatic carboxylic acids is 1. The zero-order valence-electron chi connectivity index (χ0n) is 21.4. The second-order valence-electron chi connectivity index (χ2n) is 10.3. The summed E-state index contributed by atoms with van der Waals surface area (Å²) in [6, 6.07) is 19.5. The molecule has 0 radical (unpaired) electrons. The Morgan fingerprint density at radius 3 is 2.26 bits per heavy atom. The molecule has 0 bridgehead atoms. The Balaban J connectivity index is 1.48. The number of fused-ring (bicyclic) bond motifs is 1. The number of ether oxygens (including phenoxy) is 1. The van der Waals surface area contributed by atoms with Gasteiger partial charge in [-0.3, -0.25) is 14.4 Å². The van der Waals surface area contributed by atoms with Gasteiger partial charge in [-0.1, -0.05) is 54.1 Å². The van der Waals surface area contributed by atoms with Crippen LogP contribution in [0.25, 0.3) is 10.8 Å². The van der Waals surface area contributed by atoms with E-state index in [4.69, 9.17) is 16.3 Å². The zero-order valence-corrected chi connectivity index (χ0v) is 22.2. The number of allylic oxidation sites excluding steroid dienone is 4. The van der Waals surface area contributed by atoms with E-state index in [-0.39, 0.29) is 18.1 Å². The van der Waals surface area contributed by atoms with Crippen LogP contribution in [0.3, 0.4) is 0 Å². The minimum absolute atomic E-state index is 0.0541. The van der Waals surface area contributed by atoms with Crippen molar-refractivity contribution in [3.63, 3.8) is 0 Å². The van der Waals surface area contributed by atoms with Gasteiger partial charge in [-0.25, -0.2) is 0 Å². The summed E-state index contributed by atoms with van der Waals surface area (Å²) in [6.07, 6.45) is 3.19. The SMILES string of the molecule is O=C(O)CN1C2=C(C(=O)CCC2)C(c2cc(Cl)ccc2OCc2cccc3ccccc23)C2=C1CCCC2=O. The average molecular weight is 542 g/mol. The predicted octanol–water partition coefficient (Wildman–Crippen LogP) is 6.57. The van der Waals surface area contributed by atoms with E-state index < -0.39 is 11.9 Å². The number of Topliss-reactive ketones (excluding diaryl/α,β-unsaturated/α-hetero) is 2. The Hall–Kier alpha value is -3.90. The third-order valence-corrected chi connectivity index (χ3v) is 8.16. The van der Waals surface area contributed by atoms with Crippen molar-refractivity contribution in [2.75, 3.05) is 6.54 Å². The van der Waals surface area contributed by atoms with Gasteiger partial charge in [0.15, 0.2) is 11.6 Å². The first-order chi connectivity index (χ1) is 18.9. The largest absolute Gasteiger partial charge is 0.489 e. The Bertz CT molecular complexity index is 1540. The molecule has 1 N–H and O–H groups in total. The monoisotopic (exact) mass is 541 g/mol. The van der Waals surface area contributed by atoms with Gasteiger partial charge in [0.1, 0.15) is 18.9 Å². The van der Waals surface area contributed by atoms with Crippen molar-refractivity contribution >= 4 is 39.9 Å². The first-order valence-corrected chi connectivity index (χ1v) is 13.7. The Morgan fingerprint density at radius 2 is 1.56 bits per heavy atom. The fourth-order valence-electron chi connectivity index (χ4n) is 6.30. The molecule has 6 nitrogen and oxygen atoms in total. The molecule has 0 amide bonds. The fraction of sp³-hybridized carbons (Fsp3) is 0.281. The summed E-state index contributed by atoms with van der Waals surface area (Å²) >= 11 is 6.51. The molecule has 3 aliphatic rings.